The van der Waals surface area contributed by atoms with E-state index in [0.717, 1.165) is 48.5 Å². The van der Waals surface area contributed by atoms with Crippen molar-refractivity contribution in [1.82, 2.24) is 10.2 Å². The molecule has 0 spiro atoms. The van der Waals surface area contributed by atoms with Crippen LogP contribution in [0.15, 0.2) is 72.8 Å². The first kappa shape index (κ1) is 22.9. The molecule has 1 atom stereocenters. The molecule has 172 valence electrons. The first-order valence-electron chi connectivity index (χ1n) is 10.8. The van der Waals surface area contributed by atoms with Gasteiger partial charge in [0, 0.05) is 36.8 Å². The first-order chi connectivity index (χ1) is 15.8. The minimum absolute atomic E-state index is 0.0346. The molecule has 1 aliphatic heterocycles. The summed E-state index contributed by atoms with van der Waals surface area (Å²) in [5.41, 5.74) is 2.76. The topological polar surface area (TPSA) is 41.6 Å². The van der Waals surface area contributed by atoms with Crippen LogP contribution in [0.5, 0.6) is 5.75 Å². The molecule has 0 radical (unpaired) electrons. The van der Waals surface area contributed by atoms with E-state index < -0.39 is 11.7 Å². The molecule has 0 aromatic heterocycles. The molecule has 1 aliphatic rings. The molecule has 0 aliphatic carbocycles. The number of methoxy groups -OCH3 is 1. The molecule has 1 amide bonds. The zero-order chi connectivity index (χ0) is 23.4. The molecule has 1 N–H and O–H groups in total. The van der Waals surface area contributed by atoms with Crippen LogP contribution in [0.2, 0.25) is 0 Å². The predicted molar refractivity (Wildman–Crippen MR) is 121 cm³/mol. The highest BCUT2D eigenvalue weighted by Gasteiger charge is 2.30. The molecule has 1 heterocycles. The third kappa shape index (κ3) is 5.54. The van der Waals surface area contributed by atoms with Gasteiger partial charge in [0.25, 0.3) is 5.91 Å². The number of carbonyl (C=O) groups excluding carboxylic acids is 1. The van der Waals surface area contributed by atoms with Crippen LogP contribution in [0, 0.1) is 0 Å². The minimum Gasteiger partial charge on any atom is -0.496 e. The lowest BCUT2D eigenvalue weighted by molar-refractivity contribution is -0.137. The van der Waals surface area contributed by atoms with Crippen molar-refractivity contribution in [1.29, 1.82) is 0 Å². The van der Waals surface area contributed by atoms with E-state index in [1.807, 2.05) is 24.3 Å². The van der Waals surface area contributed by atoms with E-state index in [1.54, 1.807) is 7.11 Å². The molecular weight excluding hydrogens is 429 g/mol. The Hall–Kier alpha value is -3.32. The summed E-state index contributed by atoms with van der Waals surface area (Å²) in [6, 6.07) is 20.5. The van der Waals surface area contributed by atoms with Gasteiger partial charge in [-0.05, 0) is 47.9 Å². The van der Waals surface area contributed by atoms with Crippen LogP contribution < -0.4 is 10.1 Å². The van der Waals surface area contributed by atoms with Crippen LogP contribution in [0.4, 0.5) is 13.2 Å². The Morgan fingerprint density at radius 1 is 1.03 bits per heavy atom. The van der Waals surface area contributed by atoms with E-state index in [-0.39, 0.29) is 17.5 Å². The molecule has 1 fully saturated rings. The largest absolute Gasteiger partial charge is 0.496 e. The van der Waals surface area contributed by atoms with Gasteiger partial charge in [0.2, 0.25) is 0 Å². The molecule has 1 unspecified atom stereocenters. The second kappa shape index (κ2) is 9.67. The summed E-state index contributed by atoms with van der Waals surface area (Å²) in [6.07, 6.45) is -3.61. The molecule has 0 saturated carbocycles. The number of hydrogen-bond donors (Lipinski definition) is 1. The predicted octanol–water partition coefficient (Wildman–Crippen LogP) is 5.39. The van der Waals surface area contributed by atoms with Crippen LogP contribution in [0.3, 0.4) is 0 Å². The monoisotopic (exact) mass is 454 g/mol. The maximum Gasteiger partial charge on any atom is 0.416 e. The van der Waals surface area contributed by atoms with Gasteiger partial charge >= 0.3 is 6.18 Å². The lowest BCUT2D eigenvalue weighted by atomic mass is 10.0. The highest BCUT2D eigenvalue weighted by atomic mass is 19.4. The summed E-state index contributed by atoms with van der Waals surface area (Å²) >= 11 is 0. The second-order valence-corrected chi connectivity index (χ2v) is 8.17. The van der Waals surface area contributed by atoms with Crippen molar-refractivity contribution in [2.24, 2.45) is 0 Å². The molecule has 7 heteroatoms. The lowest BCUT2D eigenvalue weighted by Crippen LogP contribution is -2.37. The average Bonchev–Trinajstić information content (AvgIpc) is 3.25. The van der Waals surface area contributed by atoms with Gasteiger partial charge < -0.3 is 10.1 Å². The van der Waals surface area contributed by atoms with Gasteiger partial charge in [0.15, 0.2) is 0 Å². The normalized spacial score (nSPS) is 16.5. The molecule has 4 nitrogen and oxygen atoms in total. The van der Waals surface area contributed by atoms with Crippen molar-refractivity contribution in [3.05, 3.63) is 89.5 Å². The number of ether oxygens (including phenoxy) is 1. The summed E-state index contributed by atoms with van der Waals surface area (Å²) in [5, 5.41) is 2.94. The number of para-hydroxylation sites is 1. The van der Waals surface area contributed by atoms with Crippen LogP contribution in [0.1, 0.15) is 27.9 Å². The SMILES string of the molecule is COc1ccccc1-c1ccc(CN2CCC(NC(=O)c3ccc(C(F)(F)F)cc3)C2)cc1. The Morgan fingerprint density at radius 2 is 1.73 bits per heavy atom. The first-order valence-corrected chi connectivity index (χ1v) is 10.8. The van der Waals surface area contributed by atoms with E-state index in [4.69, 9.17) is 4.74 Å². The van der Waals surface area contributed by atoms with E-state index in [1.165, 1.54) is 17.7 Å². The number of likely N-dealkylation sites (tertiary alicyclic amines) is 1. The Kier molecular flexibility index (Phi) is 6.70. The van der Waals surface area contributed by atoms with Crippen molar-refractivity contribution < 1.29 is 22.7 Å². The highest BCUT2D eigenvalue weighted by Crippen LogP contribution is 2.30. The number of rotatable bonds is 6. The Labute approximate surface area is 191 Å². The zero-order valence-electron chi connectivity index (χ0n) is 18.2. The highest BCUT2D eigenvalue weighted by molar-refractivity contribution is 5.94. The summed E-state index contributed by atoms with van der Waals surface area (Å²) in [4.78, 5) is 14.7. The molecule has 33 heavy (non-hydrogen) atoms. The number of benzene rings is 3. The fourth-order valence-electron chi connectivity index (χ4n) is 4.10. The smallest absolute Gasteiger partial charge is 0.416 e. The van der Waals surface area contributed by atoms with Crippen molar-refractivity contribution >= 4 is 5.91 Å². The van der Waals surface area contributed by atoms with Crippen LogP contribution in [-0.2, 0) is 12.7 Å². The molecule has 3 aromatic carbocycles. The van der Waals surface area contributed by atoms with E-state index in [9.17, 15) is 18.0 Å². The number of nitrogens with zero attached hydrogens (tertiary/aromatic N) is 1. The molecule has 0 bridgehead atoms. The lowest BCUT2D eigenvalue weighted by Gasteiger charge is -2.17. The zero-order valence-corrected chi connectivity index (χ0v) is 18.2. The van der Waals surface area contributed by atoms with Crippen LogP contribution >= 0.6 is 0 Å². The Balaban J connectivity index is 1.31. The van der Waals surface area contributed by atoms with E-state index in [0.29, 0.717) is 6.54 Å². The summed E-state index contributed by atoms with van der Waals surface area (Å²) in [6.45, 7) is 2.30. The fraction of sp³-hybridized carbons (Fsp3) is 0.269. The number of amides is 1. The minimum atomic E-state index is -4.41. The molecule has 4 rings (SSSR count). The number of hydrogen-bond acceptors (Lipinski definition) is 3. The van der Waals surface area contributed by atoms with Crippen molar-refractivity contribution in [2.75, 3.05) is 20.2 Å². The van der Waals surface area contributed by atoms with Crippen molar-refractivity contribution in [3.63, 3.8) is 0 Å². The van der Waals surface area contributed by atoms with Gasteiger partial charge in [-0.25, -0.2) is 0 Å². The molecule has 3 aromatic rings. The quantitative estimate of drug-likeness (QED) is 0.543. The maximum absolute atomic E-state index is 12.7. The van der Waals surface area contributed by atoms with Crippen molar-refractivity contribution in [3.8, 4) is 16.9 Å². The van der Waals surface area contributed by atoms with E-state index >= 15 is 0 Å². The van der Waals surface area contributed by atoms with E-state index in [2.05, 4.69) is 34.5 Å². The van der Waals surface area contributed by atoms with Gasteiger partial charge in [-0.15, -0.1) is 0 Å². The summed E-state index contributed by atoms with van der Waals surface area (Å²) in [5.74, 6) is 0.480. The summed E-state index contributed by atoms with van der Waals surface area (Å²) < 4.78 is 43.5. The molecular formula is C26H25F3N2O2. The van der Waals surface area contributed by atoms with Crippen LogP contribution in [0.25, 0.3) is 11.1 Å². The number of alkyl halides is 3. The third-order valence-electron chi connectivity index (χ3n) is 5.86. The average molecular weight is 454 g/mol. The Bertz CT molecular complexity index is 1100. The van der Waals surface area contributed by atoms with Gasteiger partial charge in [-0.3, -0.25) is 9.69 Å². The Morgan fingerprint density at radius 3 is 2.39 bits per heavy atom. The van der Waals surface area contributed by atoms with Crippen molar-refractivity contribution in [2.45, 2.75) is 25.2 Å². The number of halogens is 3. The van der Waals surface area contributed by atoms with Gasteiger partial charge in [0.1, 0.15) is 5.75 Å². The number of nitrogens with one attached hydrogen (secondary N) is 1. The summed E-state index contributed by atoms with van der Waals surface area (Å²) in [7, 11) is 1.66. The molecule has 1 saturated heterocycles. The van der Waals surface area contributed by atoms with Gasteiger partial charge in [-0.1, -0.05) is 42.5 Å². The second-order valence-electron chi connectivity index (χ2n) is 8.17. The fourth-order valence-corrected chi connectivity index (χ4v) is 4.10. The van der Waals surface area contributed by atoms with Crippen LogP contribution in [-0.4, -0.2) is 37.0 Å². The third-order valence-corrected chi connectivity index (χ3v) is 5.86. The standard InChI is InChI=1S/C26H25F3N2O2/c1-33-24-5-3-2-4-23(24)19-8-6-18(7-9-19)16-31-15-14-22(17-31)30-25(32)20-10-12-21(13-11-20)26(27,28)29/h2-13,22H,14-17H2,1H3,(H,30,32). The maximum atomic E-state index is 12.7. The van der Waals surface area contributed by atoms with Gasteiger partial charge in [0.05, 0.1) is 12.7 Å². The van der Waals surface area contributed by atoms with Gasteiger partial charge in [-0.2, -0.15) is 13.2 Å². The number of carbonyl (C=O) groups is 1.